The Bertz CT molecular complexity index is 1670. The van der Waals surface area contributed by atoms with Gasteiger partial charge in [-0.25, -0.2) is 18.6 Å². The summed E-state index contributed by atoms with van der Waals surface area (Å²) in [6, 6.07) is -0.826. The first-order valence-electron chi connectivity index (χ1n) is 13.0. The van der Waals surface area contributed by atoms with E-state index in [1.807, 2.05) is 0 Å². The number of rotatable bonds is 15. The molecule has 25 nitrogen and oxygen atoms in total. The van der Waals surface area contributed by atoms with Gasteiger partial charge in [-0.15, -0.1) is 0 Å². The summed E-state index contributed by atoms with van der Waals surface area (Å²) in [7, 11) is -17.8. The molecule has 1 aliphatic heterocycles. The molecule has 2 aromatic heterocycles. The molecule has 0 aromatic carbocycles. The van der Waals surface area contributed by atoms with E-state index >= 15 is 0 Å². The van der Waals surface area contributed by atoms with Crippen LogP contribution in [0.5, 0.6) is 0 Å². The van der Waals surface area contributed by atoms with Crippen LogP contribution < -0.4 is 36.8 Å². The molecule has 0 saturated carbocycles. The predicted octanol–water partition coefficient (Wildman–Crippen LogP) is -3.80. The van der Waals surface area contributed by atoms with Crippen molar-refractivity contribution in [2.45, 2.75) is 57.8 Å². The molecule has 11 N–H and O–H groups in total. The van der Waals surface area contributed by atoms with Gasteiger partial charge in [0.15, 0.2) is 16.8 Å². The van der Waals surface area contributed by atoms with Gasteiger partial charge < -0.3 is 71.2 Å². The molecule has 29 heteroatoms. The van der Waals surface area contributed by atoms with Gasteiger partial charge in [-0.1, -0.05) is 19.6 Å². The number of imidazole rings is 1. The van der Waals surface area contributed by atoms with Gasteiger partial charge in [0.05, 0.1) is 19.0 Å². The number of nitrogens with one attached hydrogen (secondary N) is 3. The molecule has 1 saturated heterocycles. The van der Waals surface area contributed by atoms with Gasteiger partial charge >= 0.3 is 5.97 Å². The van der Waals surface area contributed by atoms with Crippen LogP contribution in [0.3, 0.4) is 0 Å². The second-order valence-corrected chi connectivity index (χ2v) is 14.1. The molecule has 8 atom stereocenters. The zero-order valence-corrected chi connectivity index (χ0v) is 27.8. The molecule has 49 heavy (non-hydrogen) atoms. The quantitative estimate of drug-likeness (QED) is 0.0475. The van der Waals surface area contributed by atoms with Crippen LogP contribution in [0, 0.1) is 4.64 Å². The highest BCUT2D eigenvalue weighted by Gasteiger charge is 2.45. The van der Waals surface area contributed by atoms with E-state index in [0.29, 0.717) is 6.54 Å². The Morgan fingerprint density at radius 1 is 1.14 bits per heavy atom. The number of ether oxygens (including phenoxy) is 1. The van der Waals surface area contributed by atoms with E-state index in [1.54, 1.807) is 0 Å². The third-order valence-electron chi connectivity index (χ3n) is 5.68. The van der Waals surface area contributed by atoms with Gasteiger partial charge in [0.25, 0.3) is 23.5 Å². The van der Waals surface area contributed by atoms with Gasteiger partial charge in [-0.3, -0.25) is 32.6 Å². The van der Waals surface area contributed by atoms with Crippen molar-refractivity contribution in [1.82, 2.24) is 30.2 Å². The third kappa shape index (κ3) is 14.5. The van der Waals surface area contributed by atoms with E-state index < -0.39 is 72.5 Å². The number of aliphatic hydroxyl groups is 2. The first-order valence-corrected chi connectivity index (χ1v) is 17.8. The maximum absolute atomic E-state index is 11.6. The van der Waals surface area contributed by atoms with Crippen molar-refractivity contribution in [3.8, 4) is 0 Å². The molecule has 0 radical (unpaired) electrons. The fourth-order valence-electron chi connectivity index (χ4n) is 3.66. The smallest absolute Gasteiger partial charge is 0.303 e. The van der Waals surface area contributed by atoms with Gasteiger partial charge in [0.2, 0.25) is 11.8 Å². The number of amides is 2. The average Bonchev–Trinajstić information content (AvgIpc) is 3.47. The van der Waals surface area contributed by atoms with Gasteiger partial charge in [-0.2, -0.15) is 0 Å². The molecule has 0 spiro atoms. The highest BCUT2D eigenvalue weighted by molar-refractivity contribution is 7.71. The molecule has 1 fully saturated rings. The van der Waals surface area contributed by atoms with Crippen LogP contribution in [-0.2, 0) is 46.0 Å². The summed E-state index contributed by atoms with van der Waals surface area (Å²) in [6.07, 6.45) is -5.16. The molecule has 0 bridgehead atoms. The molecule has 1 aliphatic rings. The number of aromatic amines is 1. The average molecular weight is 784 g/mol. The van der Waals surface area contributed by atoms with E-state index in [2.05, 4.69) is 38.7 Å². The van der Waals surface area contributed by atoms with Crippen LogP contribution >= 0.6 is 35.7 Å². The van der Waals surface area contributed by atoms with Crippen LogP contribution in [0.15, 0.2) is 6.33 Å². The van der Waals surface area contributed by atoms with Crippen molar-refractivity contribution in [3.05, 3.63) is 11.0 Å². The number of carboxylic acid groups (broad SMARTS) is 1. The first-order chi connectivity index (χ1) is 22.0. The number of fused-ring (bicyclic) bond motifs is 1. The summed E-state index contributed by atoms with van der Waals surface area (Å²) in [5, 5.41) is 33.8. The van der Waals surface area contributed by atoms with E-state index in [1.165, 1.54) is 17.8 Å². The number of aromatic nitrogens is 4. The fraction of sp³-hybridized carbons (Fsp3) is 0.600. The summed E-state index contributed by atoms with van der Waals surface area (Å²) < 4.78 is 50.7. The first kappa shape index (κ1) is 44.3. The molecule has 3 heterocycles. The maximum Gasteiger partial charge on any atom is 0.303 e. The SMILES string of the molecule is C.CC(=O)NCCNC(=O)C(N)CCC(=O)O.Nc1nc(=S)c2ncn([C@@H]3O[C@H](COP(=O)([O-])OP(=O)([O-])OP(=O)([O-])O)[C@H](O)C3O)c2[nH]1. The van der Waals surface area contributed by atoms with E-state index in [-0.39, 0.29) is 54.5 Å². The number of hydrogen-bond acceptors (Lipinski definition) is 20. The molecule has 2 amide bonds. The number of carbonyl (C=O) groups excluding carboxylic acids is 2. The van der Waals surface area contributed by atoms with Crippen molar-refractivity contribution in [2.75, 3.05) is 25.4 Å². The van der Waals surface area contributed by atoms with Crippen LogP contribution in [0.2, 0.25) is 0 Å². The Balaban J connectivity index is 0.000000601. The molecule has 280 valence electrons. The van der Waals surface area contributed by atoms with Gasteiger partial charge in [0.1, 0.15) is 29.5 Å². The number of carboxylic acids is 1. The number of nitrogens with zero attached hydrogens (tertiary/aromatic N) is 3. The Kier molecular flexibility index (Phi) is 16.7. The van der Waals surface area contributed by atoms with Crippen LogP contribution in [0.4, 0.5) is 5.95 Å². The van der Waals surface area contributed by atoms with Crippen molar-refractivity contribution >= 4 is 70.6 Å². The third-order valence-corrected chi connectivity index (χ3v) is 9.66. The van der Waals surface area contributed by atoms with Crippen LogP contribution in [0.25, 0.3) is 11.2 Å². The van der Waals surface area contributed by atoms with Gasteiger partial charge in [-0.05, 0) is 6.42 Å². The fourth-order valence-corrected chi connectivity index (χ4v) is 6.80. The standard InChI is InChI=1S/C10H16N5O13P3S.C9H17N3O4.CH4/c11-10-13-7-4(8(32)14-10)12-2-15(7)9-6(17)5(16)3(26-9)1-25-30(21,22)28-31(23,24)27-29(18,19)20;1-6(13)11-4-5-12-9(16)7(10)2-3-8(14)15;/h2-3,5-6,9,16-17H,1H2,(H,21,22)(H,23,24)(H2,18,19,20)(H3,11,13,14,32);7H,2-5,10H2,1H3,(H,11,13)(H,12,16)(H,14,15);1H4/p-3/t3-,5+,6?,9-;;/m1../s1. The number of hydrogen-bond donors (Lipinski definition) is 9. The zero-order chi connectivity index (χ0) is 36.6. The summed E-state index contributed by atoms with van der Waals surface area (Å²) in [5.74, 6) is -1.66. The predicted molar refractivity (Wildman–Crippen MR) is 159 cm³/mol. The molecule has 3 rings (SSSR count). The Morgan fingerprint density at radius 3 is 2.33 bits per heavy atom. The Morgan fingerprint density at radius 2 is 1.76 bits per heavy atom. The van der Waals surface area contributed by atoms with Crippen LogP contribution in [-0.4, -0.2) is 102 Å². The molecule has 2 aromatic rings. The van der Waals surface area contributed by atoms with Crippen molar-refractivity contribution < 1.29 is 80.9 Å². The van der Waals surface area contributed by atoms with E-state index in [4.69, 9.17) is 38.4 Å². The Labute approximate surface area is 281 Å². The normalized spacial score (nSPS) is 23.0. The largest absolute Gasteiger partial charge is 0.756 e. The highest BCUT2D eigenvalue weighted by atomic mass is 32.1. The van der Waals surface area contributed by atoms with Crippen molar-refractivity contribution in [1.29, 1.82) is 0 Å². The number of H-pyrrole nitrogens is 1. The summed E-state index contributed by atoms with van der Waals surface area (Å²) in [6.45, 7) is 0.905. The second kappa shape index (κ2) is 18.5. The lowest BCUT2D eigenvalue weighted by Crippen LogP contribution is -2.43. The minimum Gasteiger partial charge on any atom is -0.756 e. The number of aliphatic carboxylic acids is 1. The minimum absolute atomic E-state index is 0. The molecule has 0 aliphatic carbocycles. The molecular weight excluding hydrogens is 749 g/mol. The monoisotopic (exact) mass is 783 g/mol. The summed E-state index contributed by atoms with van der Waals surface area (Å²) in [5.41, 5.74) is 11.4. The van der Waals surface area contributed by atoms with Gasteiger partial charge in [0, 0.05) is 26.4 Å². The maximum atomic E-state index is 11.6. The second-order valence-electron chi connectivity index (χ2n) is 9.46. The molecular formula is C20H34N8O17P3S-3. The number of carbonyl (C=O) groups is 3. The number of nitrogens with two attached hydrogens (primary N) is 2. The zero-order valence-electron chi connectivity index (χ0n) is 24.3. The van der Waals surface area contributed by atoms with E-state index in [0.717, 1.165) is 0 Å². The lowest BCUT2D eigenvalue weighted by atomic mass is 10.1. The number of nitrogen functional groups attached to an aromatic ring is 1. The topological polar surface area (TPSA) is 412 Å². The van der Waals surface area contributed by atoms with Crippen molar-refractivity contribution in [3.63, 3.8) is 0 Å². The number of phosphoric ester groups is 1. The highest BCUT2D eigenvalue weighted by Crippen LogP contribution is 2.61. The minimum atomic E-state index is -6.09. The lowest BCUT2D eigenvalue weighted by molar-refractivity contribution is -0.250. The van der Waals surface area contributed by atoms with Crippen LogP contribution in [0.1, 0.15) is 33.4 Å². The number of phosphoric acid groups is 3. The summed E-state index contributed by atoms with van der Waals surface area (Å²) in [4.78, 5) is 84.0. The van der Waals surface area contributed by atoms with Crippen molar-refractivity contribution in [2.24, 2.45) is 5.73 Å². The molecule has 5 unspecified atom stereocenters. The Hall–Kier alpha value is -2.77. The lowest BCUT2D eigenvalue weighted by Gasteiger charge is -2.33. The summed E-state index contributed by atoms with van der Waals surface area (Å²) >= 11 is 5.01. The van der Waals surface area contributed by atoms with E-state index in [9.17, 15) is 53.0 Å². The number of aliphatic hydroxyl groups excluding tert-OH is 2. The number of anilines is 1.